The van der Waals surface area contributed by atoms with Gasteiger partial charge in [0.25, 0.3) is 0 Å². The molecular weight excluding hydrogens is 264 g/mol. The molecule has 0 aliphatic carbocycles. The maximum Gasteiger partial charge on any atom is 0.0637 e. The van der Waals surface area contributed by atoms with E-state index >= 15 is 0 Å². The zero-order chi connectivity index (χ0) is 14.3. The predicted octanol–water partition coefficient (Wildman–Crippen LogP) is 2.07. The zero-order valence-corrected chi connectivity index (χ0v) is 12.6. The lowest BCUT2D eigenvalue weighted by Gasteiger charge is -2.25. The fourth-order valence-electron chi connectivity index (χ4n) is 1.91. The van der Waals surface area contributed by atoms with Crippen LogP contribution in [0.3, 0.4) is 0 Å². The van der Waals surface area contributed by atoms with Crippen LogP contribution in [0.2, 0.25) is 5.02 Å². The van der Waals surface area contributed by atoms with Crippen LogP contribution in [0.15, 0.2) is 18.2 Å². The smallest absolute Gasteiger partial charge is 0.0637 e. The highest BCUT2D eigenvalue weighted by atomic mass is 35.5. The molecule has 0 radical (unpaired) electrons. The number of rotatable bonds is 8. The van der Waals surface area contributed by atoms with Gasteiger partial charge in [-0.1, -0.05) is 17.7 Å². The van der Waals surface area contributed by atoms with Gasteiger partial charge in [-0.05, 0) is 31.7 Å². The third-order valence-corrected chi connectivity index (χ3v) is 3.51. The average molecular weight is 287 g/mol. The fourth-order valence-corrected chi connectivity index (χ4v) is 2.25. The number of halogens is 1. The molecule has 0 spiro atoms. The van der Waals surface area contributed by atoms with Gasteiger partial charge in [-0.15, -0.1) is 0 Å². The summed E-state index contributed by atoms with van der Waals surface area (Å²) in [5.74, 6) is 0. The van der Waals surface area contributed by atoms with Gasteiger partial charge >= 0.3 is 0 Å². The minimum Gasteiger partial charge on any atom is -0.395 e. The molecule has 0 aliphatic heterocycles. The molecule has 0 aliphatic rings. The minimum atomic E-state index is 0.107. The van der Waals surface area contributed by atoms with Gasteiger partial charge < -0.3 is 20.1 Å². The molecule has 0 amide bonds. The normalized spacial score (nSPS) is 12.5. The monoisotopic (exact) mass is 286 g/mol. The minimum absolute atomic E-state index is 0.107. The Morgan fingerprint density at radius 2 is 2.16 bits per heavy atom. The summed E-state index contributed by atoms with van der Waals surface area (Å²) < 4.78 is 5.08. The molecule has 1 aromatic carbocycles. The first kappa shape index (κ1) is 16.2. The summed E-state index contributed by atoms with van der Waals surface area (Å²) in [7, 11) is 3.58. The van der Waals surface area contributed by atoms with Crippen LogP contribution in [-0.4, -0.2) is 45.6 Å². The van der Waals surface area contributed by atoms with Crippen molar-refractivity contribution in [3.05, 3.63) is 28.8 Å². The number of ether oxygens (including phenoxy) is 1. The van der Waals surface area contributed by atoms with Crippen LogP contribution >= 0.6 is 11.6 Å². The van der Waals surface area contributed by atoms with Gasteiger partial charge in [-0.2, -0.15) is 0 Å². The van der Waals surface area contributed by atoms with Gasteiger partial charge in [-0.3, -0.25) is 0 Å². The van der Waals surface area contributed by atoms with E-state index in [1.165, 1.54) is 0 Å². The Balaban J connectivity index is 2.89. The van der Waals surface area contributed by atoms with Crippen LogP contribution in [0.5, 0.6) is 0 Å². The number of nitrogens with one attached hydrogen (secondary N) is 1. The number of aliphatic hydroxyl groups is 1. The highest BCUT2D eigenvalue weighted by molar-refractivity contribution is 6.31. The Morgan fingerprint density at radius 3 is 2.68 bits per heavy atom. The van der Waals surface area contributed by atoms with E-state index in [9.17, 15) is 0 Å². The summed E-state index contributed by atoms with van der Waals surface area (Å²) in [5.41, 5.74) is 2.08. The van der Waals surface area contributed by atoms with Gasteiger partial charge in [0.1, 0.15) is 0 Å². The fraction of sp³-hybridized carbons (Fsp3) is 0.571. The second-order valence-corrected chi connectivity index (χ2v) is 4.83. The van der Waals surface area contributed by atoms with Gasteiger partial charge in [0.2, 0.25) is 0 Å². The predicted molar refractivity (Wildman–Crippen MR) is 80.1 cm³/mol. The molecule has 0 saturated heterocycles. The van der Waals surface area contributed by atoms with Crippen molar-refractivity contribution in [1.82, 2.24) is 5.32 Å². The Kier molecular flexibility index (Phi) is 7.16. The van der Waals surface area contributed by atoms with Crippen LogP contribution < -0.4 is 10.2 Å². The molecule has 1 unspecified atom stereocenters. The standard InChI is InChI=1S/C14H23ClN2O2/c1-11(16-2)13-5-4-12(10-14(13)15)17(6-8-18)7-9-19-3/h4-5,10-11,16,18H,6-9H2,1-3H3. The molecule has 2 N–H and O–H groups in total. The van der Waals surface area contributed by atoms with E-state index in [0.29, 0.717) is 13.2 Å². The van der Waals surface area contributed by atoms with Gasteiger partial charge in [0.05, 0.1) is 13.2 Å². The summed E-state index contributed by atoms with van der Waals surface area (Å²) >= 11 is 6.32. The van der Waals surface area contributed by atoms with Gasteiger partial charge in [0.15, 0.2) is 0 Å². The van der Waals surface area contributed by atoms with E-state index in [0.717, 1.165) is 22.8 Å². The topological polar surface area (TPSA) is 44.7 Å². The van der Waals surface area contributed by atoms with Gasteiger partial charge in [-0.25, -0.2) is 0 Å². The van der Waals surface area contributed by atoms with Crippen molar-refractivity contribution >= 4 is 17.3 Å². The molecule has 0 heterocycles. The summed E-state index contributed by atoms with van der Waals surface area (Å²) in [6.45, 7) is 4.09. The van der Waals surface area contributed by atoms with E-state index < -0.39 is 0 Å². The van der Waals surface area contributed by atoms with Crippen molar-refractivity contribution in [2.75, 3.05) is 45.4 Å². The summed E-state index contributed by atoms with van der Waals surface area (Å²) in [6.07, 6.45) is 0. The molecule has 4 nitrogen and oxygen atoms in total. The second kappa shape index (κ2) is 8.38. The first-order valence-corrected chi connectivity index (χ1v) is 6.83. The molecule has 1 atom stereocenters. The average Bonchev–Trinajstić information content (AvgIpc) is 2.42. The summed E-state index contributed by atoms with van der Waals surface area (Å²) in [4.78, 5) is 2.06. The zero-order valence-electron chi connectivity index (χ0n) is 11.8. The highest BCUT2D eigenvalue weighted by Crippen LogP contribution is 2.27. The lowest BCUT2D eigenvalue weighted by Crippen LogP contribution is -2.30. The van der Waals surface area contributed by atoms with Crippen LogP contribution in [-0.2, 0) is 4.74 Å². The molecule has 19 heavy (non-hydrogen) atoms. The third-order valence-electron chi connectivity index (χ3n) is 3.18. The van der Waals surface area contributed by atoms with E-state index in [4.69, 9.17) is 21.4 Å². The van der Waals surface area contributed by atoms with E-state index in [2.05, 4.69) is 17.1 Å². The van der Waals surface area contributed by atoms with Crippen LogP contribution in [0.25, 0.3) is 0 Å². The van der Waals surface area contributed by atoms with Crippen LogP contribution in [0.4, 0.5) is 5.69 Å². The Morgan fingerprint density at radius 1 is 1.42 bits per heavy atom. The molecule has 0 fully saturated rings. The lowest BCUT2D eigenvalue weighted by atomic mass is 10.1. The highest BCUT2D eigenvalue weighted by Gasteiger charge is 2.11. The molecule has 0 saturated carbocycles. The number of hydrogen-bond acceptors (Lipinski definition) is 4. The number of hydrogen-bond donors (Lipinski definition) is 2. The van der Waals surface area contributed by atoms with E-state index in [-0.39, 0.29) is 12.6 Å². The van der Waals surface area contributed by atoms with Crippen molar-refractivity contribution < 1.29 is 9.84 Å². The molecule has 1 rings (SSSR count). The van der Waals surface area contributed by atoms with E-state index in [1.807, 2.05) is 25.2 Å². The molecule has 108 valence electrons. The second-order valence-electron chi connectivity index (χ2n) is 4.42. The SMILES string of the molecule is CNC(C)c1ccc(N(CCO)CCOC)cc1Cl. The maximum absolute atomic E-state index is 9.12. The van der Waals surface area contributed by atoms with Crippen molar-refractivity contribution in [2.45, 2.75) is 13.0 Å². The Labute approximate surface area is 120 Å². The first-order chi connectivity index (χ1) is 9.13. The Hall–Kier alpha value is -0.810. The van der Waals surface area contributed by atoms with Crippen molar-refractivity contribution in [3.63, 3.8) is 0 Å². The van der Waals surface area contributed by atoms with Crippen molar-refractivity contribution in [2.24, 2.45) is 0 Å². The van der Waals surface area contributed by atoms with Gasteiger partial charge in [0, 0.05) is 37.0 Å². The number of aliphatic hydroxyl groups excluding tert-OH is 1. The first-order valence-electron chi connectivity index (χ1n) is 6.45. The quantitative estimate of drug-likeness (QED) is 0.768. The number of anilines is 1. The largest absolute Gasteiger partial charge is 0.395 e. The lowest BCUT2D eigenvalue weighted by molar-refractivity contribution is 0.203. The molecule has 0 bridgehead atoms. The Bertz CT molecular complexity index is 388. The number of nitrogens with zero attached hydrogens (tertiary/aromatic N) is 1. The van der Waals surface area contributed by atoms with Crippen LogP contribution in [0.1, 0.15) is 18.5 Å². The summed E-state index contributed by atoms with van der Waals surface area (Å²) in [6, 6.07) is 6.21. The third kappa shape index (κ3) is 4.66. The maximum atomic E-state index is 9.12. The molecule has 1 aromatic rings. The number of methoxy groups -OCH3 is 1. The number of benzene rings is 1. The summed E-state index contributed by atoms with van der Waals surface area (Å²) in [5, 5.41) is 13.0. The van der Waals surface area contributed by atoms with E-state index in [1.54, 1.807) is 7.11 Å². The van der Waals surface area contributed by atoms with Crippen LogP contribution in [0, 0.1) is 0 Å². The van der Waals surface area contributed by atoms with Crippen molar-refractivity contribution in [1.29, 1.82) is 0 Å². The molecule has 0 aromatic heterocycles. The molecular formula is C14H23ClN2O2. The molecule has 5 heteroatoms. The van der Waals surface area contributed by atoms with Crippen molar-refractivity contribution in [3.8, 4) is 0 Å².